The standard InChI is InChI=1S/C15H19NO6/c1-16(2)8-10(15(18)19)13(17)9-6-11(20-3)14(22-5)12(7-9)21-4/h6-8H,1-5H3,(H,18,19)/b10-8-. The van der Waals surface area contributed by atoms with Crippen molar-refractivity contribution in [3.8, 4) is 17.2 Å². The SMILES string of the molecule is COc1cc(C(=O)/C(=C/N(C)C)C(=O)O)cc(OC)c1OC. The van der Waals surface area contributed by atoms with Crippen molar-refractivity contribution in [3.05, 3.63) is 29.5 Å². The number of carbonyl (C=O) groups excluding carboxylic acids is 1. The lowest BCUT2D eigenvalue weighted by Gasteiger charge is -2.14. The average molecular weight is 309 g/mol. The van der Waals surface area contributed by atoms with Gasteiger partial charge in [-0.2, -0.15) is 0 Å². The van der Waals surface area contributed by atoms with Crippen molar-refractivity contribution in [2.75, 3.05) is 35.4 Å². The van der Waals surface area contributed by atoms with E-state index in [1.54, 1.807) is 14.1 Å². The summed E-state index contributed by atoms with van der Waals surface area (Å²) >= 11 is 0. The Morgan fingerprint density at radius 2 is 1.55 bits per heavy atom. The lowest BCUT2D eigenvalue weighted by Crippen LogP contribution is -2.17. The minimum Gasteiger partial charge on any atom is -0.493 e. The fourth-order valence-electron chi connectivity index (χ4n) is 1.84. The van der Waals surface area contributed by atoms with Gasteiger partial charge in [0, 0.05) is 25.9 Å². The predicted molar refractivity (Wildman–Crippen MR) is 79.8 cm³/mol. The van der Waals surface area contributed by atoms with Crippen LogP contribution in [-0.2, 0) is 4.79 Å². The third kappa shape index (κ3) is 3.69. The highest BCUT2D eigenvalue weighted by Gasteiger charge is 2.23. The van der Waals surface area contributed by atoms with Crippen LogP contribution >= 0.6 is 0 Å². The Bertz CT molecular complexity index is 581. The molecule has 0 spiro atoms. The molecule has 0 aliphatic carbocycles. The van der Waals surface area contributed by atoms with Crippen molar-refractivity contribution in [2.45, 2.75) is 0 Å². The number of hydrogen-bond acceptors (Lipinski definition) is 6. The van der Waals surface area contributed by atoms with Crippen molar-refractivity contribution in [1.29, 1.82) is 0 Å². The number of carboxylic acids is 1. The molecule has 0 aliphatic heterocycles. The van der Waals surface area contributed by atoms with Gasteiger partial charge >= 0.3 is 5.97 Å². The van der Waals surface area contributed by atoms with Crippen LogP contribution in [0.5, 0.6) is 17.2 Å². The van der Waals surface area contributed by atoms with E-state index in [9.17, 15) is 14.7 Å². The van der Waals surface area contributed by atoms with Gasteiger partial charge in [0.25, 0.3) is 0 Å². The zero-order chi connectivity index (χ0) is 16.9. The number of aliphatic carboxylic acids is 1. The number of ketones is 1. The topological polar surface area (TPSA) is 85.3 Å². The summed E-state index contributed by atoms with van der Waals surface area (Å²) in [5, 5.41) is 9.20. The summed E-state index contributed by atoms with van der Waals surface area (Å²) in [6, 6.07) is 2.83. The predicted octanol–water partition coefficient (Wildman–Crippen LogP) is 1.43. The maximum atomic E-state index is 12.4. The van der Waals surface area contributed by atoms with Crippen molar-refractivity contribution in [1.82, 2.24) is 4.90 Å². The number of methoxy groups -OCH3 is 3. The molecule has 120 valence electrons. The number of benzene rings is 1. The van der Waals surface area contributed by atoms with Crippen LogP contribution in [0.4, 0.5) is 0 Å². The van der Waals surface area contributed by atoms with E-state index in [0.717, 1.165) is 0 Å². The number of nitrogens with zero attached hydrogens (tertiary/aromatic N) is 1. The van der Waals surface area contributed by atoms with E-state index in [1.807, 2.05) is 0 Å². The Hall–Kier alpha value is -2.70. The van der Waals surface area contributed by atoms with Gasteiger partial charge in [0.15, 0.2) is 11.5 Å². The molecule has 7 nitrogen and oxygen atoms in total. The number of ether oxygens (including phenoxy) is 3. The first-order valence-corrected chi connectivity index (χ1v) is 6.31. The molecule has 0 heterocycles. The molecule has 0 amide bonds. The van der Waals surface area contributed by atoms with Crippen LogP contribution in [0, 0.1) is 0 Å². The fraction of sp³-hybridized carbons (Fsp3) is 0.333. The van der Waals surface area contributed by atoms with Gasteiger partial charge in [-0.05, 0) is 12.1 Å². The average Bonchev–Trinajstić information content (AvgIpc) is 2.49. The summed E-state index contributed by atoms with van der Waals surface area (Å²) in [7, 11) is 7.53. The van der Waals surface area contributed by atoms with Crippen molar-refractivity contribution in [3.63, 3.8) is 0 Å². The molecule has 7 heteroatoms. The van der Waals surface area contributed by atoms with E-state index in [2.05, 4.69) is 0 Å². The summed E-state index contributed by atoms with van der Waals surface area (Å²) in [6.07, 6.45) is 1.24. The second kappa shape index (κ2) is 7.35. The quantitative estimate of drug-likeness (QED) is 0.353. The van der Waals surface area contributed by atoms with Gasteiger partial charge in [-0.3, -0.25) is 4.79 Å². The molecule has 0 aromatic heterocycles. The Balaban J connectivity index is 3.42. The zero-order valence-corrected chi connectivity index (χ0v) is 13.2. The van der Waals surface area contributed by atoms with Gasteiger partial charge in [-0.15, -0.1) is 0 Å². The van der Waals surface area contributed by atoms with Gasteiger partial charge in [0.2, 0.25) is 11.5 Å². The monoisotopic (exact) mass is 309 g/mol. The van der Waals surface area contributed by atoms with Crippen LogP contribution in [0.2, 0.25) is 0 Å². The zero-order valence-electron chi connectivity index (χ0n) is 13.2. The van der Waals surface area contributed by atoms with E-state index in [-0.39, 0.29) is 22.6 Å². The van der Waals surface area contributed by atoms with Crippen LogP contribution in [0.3, 0.4) is 0 Å². The maximum absolute atomic E-state index is 12.4. The Morgan fingerprint density at radius 3 is 1.86 bits per heavy atom. The summed E-state index contributed by atoms with van der Waals surface area (Å²) < 4.78 is 15.5. The number of carboxylic acid groups (broad SMARTS) is 1. The summed E-state index contributed by atoms with van der Waals surface area (Å²) in [4.78, 5) is 25.2. The highest BCUT2D eigenvalue weighted by molar-refractivity contribution is 6.23. The Kier molecular flexibility index (Phi) is 5.80. The third-order valence-corrected chi connectivity index (χ3v) is 2.79. The molecule has 1 aromatic carbocycles. The first-order chi connectivity index (χ1) is 10.3. The number of hydrogen-bond donors (Lipinski definition) is 1. The first kappa shape index (κ1) is 17.4. The van der Waals surface area contributed by atoms with Gasteiger partial charge in [0.1, 0.15) is 5.57 Å². The van der Waals surface area contributed by atoms with Crippen molar-refractivity contribution < 1.29 is 28.9 Å². The highest BCUT2D eigenvalue weighted by Crippen LogP contribution is 2.38. The molecule has 0 saturated carbocycles. The molecule has 0 bridgehead atoms. The molecule has 22 heavy (non-hydrogen) atoms. The van der Waals surface area contributed by atoms with E-state index in [4.69, 9.17) is 14.2 Å². The largest absolute Gasteiger partial charge is 0.493 e. The molecular weight excluding hydrogens is 290 g/mol. The minimum atomic E-state index is -1.31. The smallest absolute Gasteiger partial charge is 0.341 e. The number of carbonyl (C=O) groups is 2. The normalized spacial score (nSPS) is 10.9. The van der Waals surface area contributed by atoms with E-state index < -0.39 is 11.8 Å². The van der Waals surface area contributed by atoms with Crippen LogP contribution in [0.15, 0.2) is 23.9 Å². The molecule has 0 fully saturated rings. The molecule has 0 aliphatic rings. The Morgan fingerprint density at radius 1 is 1.05 bits per heavy atom. The summed E-state index contributed by atoms with van der Waals surface area (Å²) in [5.74, 6) is -1.08. The van der Waals surface area contributed by atoms with Gasteiger partial charge in [-0.25, -0.2) is 4.79 Å². The molecule has 1 aromatic rings. The second-order valence-electron chi connectivity index (χ2n) is 4.55. The molecule has 0 unspecified atom stereocenters. The van der Waals surface area contributed by atoms with Gasteiger partial charge < -0.3 is 24.2 Å². The number of Topliss-reactive ketones (excluding diaryl/α,β-unsaturated/α-hetero) is 1. The molecule has 0 atom stereocenters. The lowest BCUT2D eigenvalue weighted by molar-refractivity contribution is -0.132. The molecule has 1 N–H and O–H groups in total. The van der Waals surface area contributed by atoms with Crippen molar-refractivity contribution >= 4 is 11.8 Å². The van der Waals surface area contributed by atoms with Crippen LogP contribution in [0.1, 0.15) is 10.4 Å². The van der Waals surface area contributed by atoms with E-state index >= 15 is 0 Å². The van der Waals surface area contributed by atoms with Gasteiger partial charge in [-0.1, -0.05) is 0 Å². The number of rotatable bonds is 7. The summed E-state index contributed by atoms with van der Waals surface area (Å²) in [5.41, 5.74) is -0.232. The second-order valence-corrected chi connectivity index (χ2v) is 4.55. The van der Waals surface area contributed by atoms with E-state index in [1.165, 1.54) is 44.6 Å². The van der Waals surface area contributed by atoms with Crippen LogP contribution < -0.4 is 14.2 Å². The molecular formula is C15H19NO6. The van der Waals surface area contributed by atoms with E-state index in [0.29, 0.717) is 5.75 Å². The lowest BCUT2D eigenvalue weighted by atomic mass is 10.0. The Labute approximate surface area is 128 Å². The third-order valence-electron chi connectivity index (χ3n) is 2.79. The van der Waals surface area contributed by atoms with Crippen LogP contribution in [-0.4, -0.2) is 57.2 Å². The molecule has 0 saturated heterocycles. The fourth-order valence-corrected chi connectivity index (χ4v) is 1.84. The minimum absolute atomic E-state index is 0.130. The first-order valence-electron chi connectivity index (χ1n) is 6.31. The summed E-state index contributed by atoms with van der Waals surface area (Å²) in [6.45, 7) is 0. The molecule has 0 radical (unpaired) electrons. The van der Waals surface area contributed by atoms with Gasteiger partial charge in [0.05, 0.1) is 21.3 Å². The highest BCUT2D eigenvalue weighted by atomic mass is 16.5. The van der Waals surface area contributed by atoms with Crippen LogP contribution in [0.25, 0.3) is 0 Å². The van der Waals surface area contributed by atoms with Crippen molar-refractivity contribution in [2.24, 2.45) is 0 Å². The maximum Gasteiger partial charge on any atom is 0.341 e. The molecule has 1 rings (SSSR count).